The van der Waals surface area contributed by atoms with E-state index in [0.29, 0.717) is 6.73 Å². The highest BCUT2D eigenvalue weighted by molar-refractivity contribution is 7.15. The topological polar surface area (TPSA) is 93.9 Å². The van der Waals surface area contributed by atoms with Crippen LogP contribution in [0.3, 0.4) is 0 Å². The van der Waals surface area contributed by atoms with Gasteiger partial charge in [-0.2, -0.15) is 5.10 Å². The van der Waals surface area contributed by atoms with Crippen LogP contribution in [0.5, 0.6) is 0 Å². The van der Waals surface area contributed by atoms with Gasteiger partial charge in [-0.3, -0.25) is 14.6 Å². The molecule has 0 fully saturated rings. The Balaban J connectivity index is 1.59. The molecule has 1 N–H and O–H groups in total. The molecule has 0 saturated carbocycles. The monoisotopic (exact) mass is 468 g/mol. The SMILES string of the molecule is Cc1nnc(N(COCC[Si](C)(C)C)c2ccc3ncc(Nc4cnn(C)c4)cc3n2)s1. The number of pyridine rings is 2. The van der Waals surface area contributed by atoms with Crippen molar-refractivity contribution < 1.29 is 4.74 Å². The molecule has 0 aliphatic carbocycles. The first-order chi connectivity index (χ1) is 15.3. The first-order valence-electron chi connectivity index (χ1n) is 10.4. The molecule has 11 heteroatoms. The van der Waals surface area contributed by atoms with Crippen LogP contribution in [0, 0.1) is 6.92 Å². The number of ether oxygens (including phenoxy) is 1. The zero-order chi connectivity index (χ0) is 22.7. The van der Waals surface area contributed by atoms with Crippen LogP contribution >= 0.6 is 11.3 Å². The third-order valence-corrected chi connectivity index (χ3v) is 7.32. The summed E-state index contributed by atoms with van der Waals surface area (Å²) in [4.78, 5) is 11.4. The number of hydrogen-bond donors (Lipinski definition) is 1. The highest BCUT2D eigenvalue weighted by Gasteiger charge is 2.18. The summed E-state index contributed by atoms with van der Waals surface area (Å²) >= 11 is 1.52. The molecule has 4 aromatic heterocycles. The van der Waals surface area contributed by atoms with E-state index >= 15 is 0 Å². The minimum atomic E-state index is -1.16. The van der Waals surface area contributed by atoms with Crippen molar-refractivity contribution in [1.29, 1.82) is 0 Å². The minimum absolute atomic E-state index is 0.374. The highest BCUT2D eigenvalue weighted by atomic mass is 32.1. The van der Waals surface area contributed by atoms with Crippen LogP contribution < -0.4 is 10.2 Å². The lowest BCUT2D eigenvalue weighted by atomic mass is 10.3. The third-order valence-electron chi connectivity index (χ3n) is 4.76. The number of nitrogens with zero attached hydrogens (tertiary/aromatic N) is 7. The largest absolute Gasteiger partial charge is 0.361 e. The maximum atomic E-state index is 6.03. The molecule has 4 rings (SSSR count). The smallest absolute Gasteiger partial charge is 0.215 e. The van der Waals surface area contributed by atoms with E-state index in [2.05, 4.69) is 45.2 Å². The summed E-state index contributed by atoms with van der Waals surface area (Å²) in [5.41, 5.74) is 3.34. The Hall–Kier alpha value is -2.89. The molecule has 0 radical (unpaired) electrons. The zero-order valence-electron chi connectivity index (χ0n) is 19.0. The molecule has 0 unspecified atom stereocenters. The number of anilines is 4. The predicted octanol–water partition coefficient (Wildman–Crippen LogP) is 4.72. The molecular formula is C21H28N8OSSi. The van der Waals surface area contributed by atoms with Gasteiger partial charge in [0.25, 0.3) is 0 Å². The van der Waals surface area contributed by atoms with E-state index in [-0.39, 0.29) is 0 Å². The Morgan fingerprint density at radius 1 is 1.12 bits per heavy atom. The molecule has 0 bridgehead atoms. The molecule has 0 aromatic carbocycles. The molecule has 0 atom stereocenters. The summed E-state index contributed by atoms with van der Waals surface area (Å²) in [5, 5.41) is 17.7. The summed E-state index contributed by atoms with van der Waals surface area (Å²) in [6.45, 7) is 10.1. The lowest BCUT2D eigenvalue weighted by Gasteiger charge is -2.22. The van der Waals surface area contributed by atoms with Crippen molar-refractivity contribution in [2.45, 2.75) is 32.6 Å². The molecule has 4 aromatic rings. The van der Waals surface area contributed by atoms with Gasteiger partial charge >= 0.3 is 0 Å². The zero-order valence-corrected chi connectivity index (χ0v) is 20.8. The number of aryl methyl sites for hydroxylation is 2. The fourth-order valence-corrected chi connectivity index (χ4v) is 4.46. The van der Waals surface area contributed by atoms with Crippen LogP contribution in [0.15, 0.2) is 36.8 Å². The Morgan fingerprint density at radius 2 is 1.97 bits per heavy atom. The van der Waals surface area contributed by atoms with Gasteiger partial charge in [0, 0.05) is 27.9 Å². The van der Waals surface area contributed by atoms with Crippen molar-refractivity contribution in [1.82, 2.24) is 29.9 Å². The van der Waals surface area contributed by atoms with E-state index in [1.54, 1.807) is 17.1 Å². The Labute approximate surface area is 192 Å². The quantitative estimate of drug-likeness (QED) is 0.214. The first-order valence-corrected chi connectivity index (χ1v) is 15.0. The molecular weight excluding hydrogens is 440 g/mol. The molecule has 0 spiro atoms. The molecule has 0 aliphatic heterocycles. The first kappa shape index (κ1) is 22.3. The second-order valence-electron chi connectivity index (χ2n) is 8.84. The molecule has 0 aliphatic rings. The standard InChI is InChI=1S/C21H28N8OSSi/c1-15-26-27-21(31-15)29(14-30-8-9-32(3,4)5)20-7-6-18-19(25-20)10-16(11-22-18)24-17-12-23-28(2)13-17/h6-7,10-13,24H,8-9,14H2,1-5H3. The average molecular weight is 469 g/mol. The fourth-order valence-electron chi connectivity index (χ4n) is 3.02. The van der Waals surface area contributed by atoms with Crippen molar-refractivity contribution in [3.05, 3.63) is 41.8 Å². The number of hydrogen-bond acceptors (Lipinski definition) is 9. The van der Waals surface area contributed by atoms with Crippen LogP contribution in [0.2, 0.25) is 25.7 Å². The predicted molar refractivity (Wildman–Crippen MR) is 132 cm³/mol. The van der Waals surface area contributed by atoms with E-state index in [9.17, 15) is 0 Å². The molecule has 168 valence electrons. The van der Waals surface area contributed by atoms with Crippen LogP contribution in [0.1, 0.15) is 5.01 Å². The number of nitrogens with one attached hydrogen (secondary N) is 1. The summed E-state index contributed by atoms with van der Waals surface area (Å²) in [6.07, 6.45) is 5.47. The van der Waals surface area contributed by atoms with E-state index in [4.69, 9.17) is 9.72 Å². The fraction of sp³-hybridized carbons (Fsp3) is 0.381. The maximum absolute atomic E-state index is 6.03. The average Bonchev–Trinajstić information content (AvgIpc) is 3.34. The summed E-state index contributed by atoms with van der Waals surface area (Å²) < 4.78 is 7.78. The molecule has 0 amide bonds. The third kappa shape index (κ3) is 5.67. The van der Waals surface area contributed by atoms with Crippen molar-refractivity contribution in [2.75, 3.05) is 23.6 Å². The van der Waals surface area contributed by atoms with Gasteiger partial charge in [-0.25, -0.2) is 4.98 Å². The van der Waals surface area contributed by atoms with Crippen molar-refractivity contribution in [3.63, 3.8) is 0 Å². The molecule has 9 nitrogen and oxygen atoms in total. The van der Waals surface area contributed by atoms with Crippen molar-refractivity contribution >= 4 is 52.8 Å². The lowest BCUT2D eigenvalue weighted by Crippen LogP contribution is -2.26. The summed E-state index contributed by atoms with van der Waals surface area (Å²) in [5.74, 6) is 0.752. The van der Waals surface area contributed by atoms with Crippen LogP contribution in [-0.2, 0) is 11.8 Å². The summed E-state index contributed by atoms with van der Waals surface area (Å²) in [6, 6.07) is 7.00. The normalized spacial score (nSPS) is 11.8. The Kier molecular flexibility index (Phi) is 6.49. The Morgan fingerprint density at radius 3 is 2.66 bits per heavy atom. The van der Waals surface area contributed by atoms with Gasteiger partial charge in [-0.15, -0.1) is 10.2 Å². The number of aromatic nitrogens is 6. The Bertz CT molecular complexity index is 1200. The van der Waals surface area contributed by atoms with Gasteiger partial charge in [0.15, 0.2) is 0 Å². The van der Waals surface area contributed by atoms with E-state index in [1.807, 2.05) is 43.3 Å². The van der Waals surface area contributed by atoms with E-state index < -0.39 is 8.07 Å². The van der Waals surface area contributed by atoms with Gasteiger partial charge in [0.2, 0.25) is 5.13 Å². The summed E-state index contributed by atoms with van der Waals surface area (Å²) in [7, 11) is 0.719. The lowest BCUT2D eigenvalue weighted by molar-refractivity contribution is 0.153. The van der Waals surface area contributed by atoms with Crippen LogP contribution in [-0.4, -0.2) is 51.4 Å². The van der Waals surface area contributed by atoms with Gasteiger partial charge in [-0.1, -0.05) is 31.0 Å². The van der Waals surface area contributed by atoms with Gasteiger partial charge in [0.05, 0.1) is 34.8 Å². The molecule has 32 heavy (non-hydrogen) atoms. The van der Waals surface area contributed by atoms with Gasteiger partial charge in [-0.05, 0) is 31.2 Å². The van der Waals surface area contributed by atoms with Crippen LogP contribution in [0.4, 0.5) is 22.3 Å². The minimum Gasteiger partial charge on any atom is -0.361 e. The number of fused-ring (bicyclic) bond motifs is 1. The number of rotatable bonds is 9. The molecule has 0 saturated heterocycles. The van der Waals surface area contributed by atoms with Gasteiger partial charge in [0.1, 0.15) is 17.6 Å². The van der Waals surface area contributed by atoms with E-state index in [1.165, 1.54) is 11.3 Å². The molecule has 4 heterocycles. The highest BCUT2D eigenvalue weighted by Crippen LogP contribution is 2.29. The maximum Gasteiger partial charge on any atom is 0.215 e. The van der Waals surface area contributed by atoms with Crippen molar-refractivity contribution in [2.24, 2.45) is 7.05 Å². The van der Waals surface area contributed by atoms with Crippen molar-refractivity contribution in [3.8, 4) is 0 Å². The van der Waals surface area contributed by atoms with Gasteiger partial charge < -0.3 is 10.1 Å². The second-order valence-corrected chi connectivity index (χ2v) is 15.6. The second kappa shape index (κ2) is 9.31. The van der Waals surface area contributed by atoms with Crippen LogP contribution in [0.25, 0.3) is 11.0 Å². The van der Waals surface area contributed by atoms with E-state index in [0.717, 1.165) is 51.0 Å².